The van der Waals surface area contributed by atoms with Crippen molar-refractivity contribution in [2.24, 2.45) is 0 Å². The number of carbonyl (C=O) groups is 1. The fraction of sp³-hybridized carbons (Fsp3) is 0.0588. The summed E-state index contributed by atoms with van der Waals surface area (Å²) in [5.41, 5.74) is 3.28. The van der Waals surface area contributed by atoms with Gasteiger partial charge in [-0.1, -0.05) is 11.6 Å². The molecule has 1 aliphatic heterocycles. The Balaban J connectivity index is 1.71. The molecule has 0 spiro atoms. The Kier molecular flexibility index (Phi) is 4.48. The molecular weight excluding hydrogens is 485 g/mol. The highest BCUT2D eigenvalue weighted by Gasteiger charge is 2.29. The minimum absolute atomic E-state index is 0.00395. The van der Waals surface area contributed by atoms with Crippen molar-refractivity contribution >= 4 is 51.5 Å². The Bertz CT molecular complexity index is 1070. The molecule has 1 unspecified atom stereocenters. The first-order valence-electron chi connectivity index (χ1n) is 7.78. The number of anilines is 1. The van der Waals surface area contributed by atoms with Gasteiger partial charge in [0.2, 0.25) is 0 Å². The molecule has 4 rings (SSSR count). The standard InChI is InChI=1S/C17H11ClIN5O3/c18-9-5-11-15(13(19)6-9)21-16(22-17(11)25)12-7-20-23-14(12)8-1-3-10(4-2-8)24(26)27/h1-7,16,21H,(H,20,23)(H,22,25). The summed E-state index contributed by atoms with van der Waals surface area (Å²) < 4.78 is 0.829. The molecule has 0 radical (unpaired) electrons. The van der Waals surface area contributed by atoms with Gasteiger partial charge in [-0.25, -0.2) is 0 Å². The van der Waals surface area contributed by atoms with Crippen LogP contribution in [0.5, 0.6) is 0 Å². The van der Waals surface area contributed by atoms with E-state index < -0.39 is 11.1 Å². The SMILES string of the molecule is O=C1NC(c2cn[nH]c2-c2ccc([N+](=O)[O-])cc2)Nc2c(I)cc(Cl)cc21. The number of nitro benzene ring substituents is 1. The predicted molar refractivity (Wildman–Crippen MR) is 109 cm³/mol. The van der Waals surface area contributed by atoms with E-state index in [0.29, 0.717) is 27.5 Å². The number of rotatable bonds is 3. The molecule has 0 bridgehead atoms. The highest BCUT2D eigenvalue weighted by molar-refractivity contribution is 14.1. The molecule has 1 amide bonds. The van der Waals surface area contributed by atoms with Gasteiger partial charge in [0.15, 0.2) is 0 Å². The molecule has 1 atom stereocenters. The fourth-order valence-corrected chi connectivity index (χ4v) is 4.12. The summed E-state index contributed by atoms with van der Waals surface area (Å²) in [6.45, 7) is 0. The van der Waals surface area contributed by atoms with Crippen LogP contribution in [0.25, 0.3) is 11.3 Å². The summed E-state index contributed by atoms with van der Waals surface area (Å²) >= 11 is 8.17. The number of fused-ring (bicyclic) bond motifs is 1. The predicted octanol–water partition coefficient (Wildman–Crippen LogP) is 4.10. The minimum Gasteiger partial charge on any atom is -0.360 e. The van der Waals surface area contributed by atoms with Gasteiger partial charge in [0.25, 0.3) is 11.6 Å². The van der Waals surface area contributed by atoms with Crippen LogP contribution in [-0.2, 0) is 0 Å². The molecular formula is C17H11ClIN5O3. The average molecular weight is 496 g/mol. The van der Waals surface area contributed by atoms with Crippen LogP contribution >= 0.6 is 34.2 Å². The van der Waals surface area contributed by atoms with Gasteiger partial charge in [0.1, 0.15) is 6.17 Å². The molecule has 2 aromatic carbocycles. The van der Waals surface area contributed by atoms with E-state index in [1.807, 2.05) is 0 Å². The number of amides is 1. The fourth-order valence-electron chi connectivity index (χ4n) is 2.94. The molecule has 27 heavy (non-hydrogen) atoms. The summed E-state index contributed by atoms with van der Waals surface area (Å²) in [5, 5.41) is 24.5. The van der Waals surface area contributed by atoms with Gasteiger partial charge in [-0.2, -0.15) is 5.10 Å². The van der Waals surface area contributed by atoms with E-state index >= 15 is 0 Å². The third-order valence-electron chi connectivity index (χ3n) is 4.21. The Morgan fingerprint density at radius 3 is 2.63 bits per heavy atom. The molecule has 136 valence electrons. The van der Waals surface area contributed by atoms with Gasteiger partial charge < -0.3 is 10.6 Å². The van der Waals surface area contributed by atoms with Crippen LogP contribution in [-0.4, -0.2) is 21.0 Å². The van der Waals surface area contributed by atoms with Gasteiger partial charge in [-0.3, -0.25) is 20.0 Å². The van der Waals surface area contributed by atoms with Crippen molar-refractivity contribution in [1.29, 1.82) is 0 Å². The quantitative estimate of drug-likeness (QED) is 0.288. The van der Waals surface area contributed by atoms with E-state index in [0.717, 1.165) is 9.13 Å². The summed E-state index contributed by atoms with van der Waals surface area (Å²) in [6, 6.07) is 9.51. The van der Waals surface area contributed by atoms with E-state index in [4.69, 9.17) is 11.6 Å². The normalized spacial score (nSPS) is 15.6. The van der Waals surface area contributed by atoms with Gasteiger partial charge in [0.05, 0.1) is 28.1 Å². The van der Waals surface area contributed by atoms with Crippen molar-refractivity contribution in [3.63, 3.8) is 0 Å². The maximum atomic E-state index is 12.5. The Morgan fingerprint density at radius 2 is 1.93 bits per heavy atom. The maximum Gasteiger partial charge on any atom is 0.269 e. The van der Waals surface area contributed by atoms with Crippen LogP contribution < -0.4 is 10.6 Å². The van der Waals surface area contributed by atoms with Gasteiger partial charge in [-0.15, -0.1) is 0 Å². The van der Waals surface area contributed by atoms with Crippen LogP contribution in [0.3, 0.4) is 0 Å². The van der Waals surface area contributed by atoms with Crippen LogP contribution in [0.15, 0.2) is 42.6 Å². The molecule has 3 aromatic rings. The van der Waals surface area contributed by atoms with E-state index in [-0.39, 0.29) is 11.6 Å². The molecule has 0 saturated carbocycles. The number of carbonyl (C=O) groups excluding carboxylic acids is 1. The van der Waals surface area contributed by atoms with Crippen LogP contribution in [0, 0.1) is 13.7 Å². The number of benzene rings is 2. The van der Waals surface area contributed by atoms with Crippen molar-refractivity contribution in [2.45, 2.75) is 6.17 Å². The van der Waals surface area contributed by atoms with E-state index in [9.17, 15) is 14.9 Å². The topological polar surface area (TPSA) is 113 Å². The molecule has 10 heteroatoms. The molecule has 1 aliphatic rings. The number of nitrogens with zero attached hydrogens (tertiary/aromatic N) is 2. The number of halogens is 2. The minimum atomic E-state index is -0.511. The van der Waals surface area contributed by atoms with Gasteiger partial charge in [-0.05, 0) is 46.9 Å². The Labute approximate surface area is 171 Å². The first kappa shape index (κ1) is 17.7. The zero-order valence-electron chi connectivity index (χ0n) is 13.5. The summed E-state index contributed by atoms with van der Waals surface area (Å²) in [6.07, 6.45) is 1.10. The largest absolute Gasteiger partial charge is 0.360 e. The molecule has 8 nitrogen and oxygen atoms in total. The number of aromatic amines is 1. The molecule has 1 aromatic heterocycles. The van der Waals surface area contributed by atoms with E-state index in [2.05, 4.69) is 43.4 Å². The van der Waals surface area contributed by atoms with Crippen LogP contribution in [0.4, 0.5) is 11.4 Å². The second-order valence-electron chi connectivity index (χ2n) is 5.87. The van der Waals surface area contributed by atoms with Crippen molar-refractivity contribution in [1.82, 2.24) is 15.5 Å². The zero-order valence-corrected chi connectivity index (χ0v) is 16.4. The highest BCUT2D eigenvalue weighted by Crippen LogP contribution is 2.35. The van der Waals surface area contributed by atoms with Crippen molar-refractivity contribution < 1.29 is 9.72 Å². The molecule has 0 saturated heterocycles. The lowest BCUT2D eigenvalue weighted by Crippen LogP contribution is -2.39. The summed E-state index contributed by atoms with van der Waals surface area (Å²) in [4.78, 5) is 22.9. The lowest BCUT2D eigenvalue weighted by Gasteiger charge is -2.29. The summed E-state index contributed by atoms with van der Waals surface area (Å²) in [7, 11) is 0. The van der Waals surface area contributed by atoms with Crippen molar-refractivity contribution in [2.75, 3.05) is 5.32 Å². The number of hydrogen-bond acceptors (Lipinski definition) is 5. The maximum absolute atomic E-state index is 12.5. The highest BCUT2D eigenvalue weighted by atomic mass is 127. The Hall–Kier alpha value is -2.66. The molecule has 3 N–H and O–H groups in total. The third-order valence-corrected chi connectivity index (χ3v) is 5.28. The third kappa shape index (κ3) is 3.23. The second-order valence-corrected chi connectivity index (χ2v) is 7.46. The Morgan fingerprint density at radius 1 is 1.19 bits per heavy atom. The smallest absolute Gasteiger partial charge is 0.269 e. The van der Waals surface area contributed by atoms with E-state index in [1.54, 1.807) is 30.5 Å². The molecule has 0 fully saturated rings. The van der Waals surface area contributed by atoms with E-state index in [1.165, 1.54) is 12.1 Å². The van der Waals surface area contributed by atoms with Gasteiger partial charge in [0, 0.05) is 31.9 Å². The van der Waals surface area contributed by atoms with Crippen molar-refractivity contribution in [3.05, 3.63) is 72.4 Å². The van der Waals surface area contributed by atoms with Crippen LogP contribution in [0.2, 0.25) is 5.02 Å². The number of nitrogens with one attached hydrogen (secondary N) is 3. The first-order chi connectivity index (χ1) is 12.9. The lowest BCUT2D eigenvalue weighted by molar-refractivity contribution is -0.384. The number of aromatic nitrogens is 2. The first-order valence-corrected chi connectivity index (χ1v) is 9.24. The number of H-pyrrole nitrogens is 1. The molecule has 2 heterocycles. The zero-order chi connectivity index (χ0) is 19.1. The average Bonchev–Trinajstić information content (AvgIpc) is 3.12. The second kappa shape index (κ2) is 6.82. The monoisotopic (exact) mass is 495 g/mol. The van der Waals surface area contributed by atoms with Crippen LogP contribution in [0.1, 0.15) is 22.1 Å². The number of hydrogen-bond donors (Lipinski definition) is 3. The molecule has 0 aliphatic carbocycles. The van der Waals surface area contributed by atoms with Crippen molar-refractivity contribution in [3.8, 4) is 11.3 Å². The lowest BCUT2D eigenvalue weighted by atomic mass is 10.0. The number of nitro groups is 1. The van der Waals surface area contributed by atoms with Gasteiger partial charge >= 0.3 is 0 Å². The number of non-ortho nitro benzene ring substituents is 1. The summed E-state index contributed by atoms with van der Waals surface area (Å²) in [5.74, 6) is -0.245.